The summed E-state index contributed by atoms with van der Waals surface area (Å²) in [6.07, 6.45) is 1.50. The molecule has 3 rings (SSSR count). The normalized spacial score (nSPS) is 10.7. The number of ether oxygens (including phenoxy) is 2. The Bertz CT molecular complexity index is 1180. The van der Waals surface area contributed by atoms with Crippen LogP contribution in [0.15, 0.2) is 70.2 Å². The first-order valence-electron chi connectivity index (χ1n) is 10.1. The third kappa shape index (κ3) is 6.92. The van der Waals surface area contributed by atoms with E-state index in [2.05, 4.69) is 31.8 Å². The minimum atomic E-state index is -0.319. The van der Waals surface area contributed by atoms with Gasteiger partial charge in [0.05, 0.1) is 13.3 Å². The van der Waals surface area contributed by atoms with Crippen LogP contribution in [0.25, 0.3) is 0 Å². The molecule has 0 aliphatic carbocycles. The van der Waals surface area contributed by atoms with Crippen LogP contribution in [0.2, 0.25) is 0 Å². The van der Waals surface area contributed by atoms with Crippen molar-refractivity contribution in [1.29, 1.82) is 0 Å². The third-order valence-electron chi connectivity index (χ3n) is 4.82. The predicted octanol–water partition coefficient (Wildman–Crippen LogP) is 4.86. The number of carbonyl (C=O) groups excluding carboxylic acids is 2. The standard InChI is InChI=1S/C25H24BrN3O4/c1-16-4-10-21(12-17(16)2)28-24(30)15-33-22-11-5-18(13-23(22)32-3)14-27-29-25(31)19-6-8-20(26)9-7-19/h4-14H,15H2,1-3H3,(H,28,30)(H,29,31)/b27-14+. The lowest BCUT2D eigenvalue weighted by Crippen LogP contribution is -2.20. The van der Waals surface area contributed by atoms with Crippen LogP contribution < -0.4 is 20.2 Å². The molecule has 3 aromatic carbocycles. The van der Waals surface area contributed by atoms with Crippen molar-refractivity contribution in [2.24, 2.45) is 5.10 Å². The van der Waals surface area contributed by atoms with Gasteiger partial charge < -0.3 is 14.8 Å². The van der Waals surface area contributed by atoms with E-state index in [1.165, 1.54) is 13.3 Å². The van der Waals surface area contributed by atoms with Crippen molar-refractivity contribution in [2.75, 3.05) is 19.0 Å². The molecule has 2 N–H and O–H groups in total. The maximum atomic E-state index is 12.2. The number of halogens is 1. The minimum Gasteiger partial charge on any atom is -0.493 e. The van der Waals surface area contributed by atoms with Crippen molar-refractivity contribution in [2.45, 2.75) is 13.8 Å². The summed E-state index contributed by atoms with van der Waals surface area (Å²) < 4.78 is 11.9. The van der Waals surface area contributed by atoms with E-state index < -0.39 is 0 Å². The fraction of sp³-hybridized carbons (Fsp3) is 0.160. The number of hydrogen-bond donors (Lipinski definition) is 2. The average molecular weight is 510 g/mol. The topological polar surface area (TPSA) is 89.0 Å². The maximum absolute atomic E-state index is 12.2. The molecule has 0 spiro atoms. The molecule has 8 heteroatoms. The van der Waals surface area contributed by atoms with Crippen molar-refractivity contribution in [3.05, 3.63) is 87.4 Å². The molecule has 7 nitrogen and oxygen atoms in total. The van der Waals surface area contributed by atoms with Crippen LogP contribution in [-0.2, 0) is 4.79 Å². The summed E-state index contributed by atoms with van der Waals surface area (Å²) in [4.78, 5) is 24.4. The van der Waals surface area contributed by atoms with Crippen LogP contribution in [0, 0.1) is 13.8 Å². The van der Waals surface area contributed by atoms with Gasteiger partial charge >= 0.3 is 0 Å². The van der Waals surface area contributed by atoms with Gasteiger partial charge in [-0.15, -0.1) is 0 Å². The first-order valence-corrected chi connectivity index (χ1v) is 10.9. The van der Waals surface area contributed by atoms with Crippen molar-refractivity contribution >= 4 is 39.6 Å². The van der Waals surface area contributed by atoms with Gasteiger partial charge in [0.1, 0.15) is 0 Å². The fourth-order valence-corrected chi connectivity index (χ4v) is 3.14. The van der Waals surface area contributed by atoms with E-state index in [9.17, 15) is 9.59 Å². The van der Waals surface area contributed by atoms with Crippen molar-refractivity contribution in [1.82, 2.24) is 5.43 Å². The Morgan fingerprint density at radius 3 is 2.42 bits per heavy atom. The summed E-state index contributed by atoms with van der Waals surface area (Å²) in [5.74, 6) is 0.267. The van der Waals surface area contributed by atoms with Crippen molar-refractivity contribution < 1.29 is 19.1 Å². The van der Waals surface area contributed by atoms with E-state index >= 15 is 0 Å². The second kappa shape index (κ2) is 11.3. The maximum Gasteiger partial charge on any atom is 0.271 e. The second-order valence-corrected chi connectivity index (χ2v) is 8.17. The van der Waals surface area contributed by atoms with Gasteiger partial charge in [0.25, 0.3) is 11.8 Å². The zero-order chi connectivity index (χ0) is 23.8. The van der Waals surface area contributed by atoms with Crippen molar-refractivity contribution in [3.8, 4) is 11.5 Å². The lowest BCUT2D eigenvalue weighted by molar-refractivity contribution is -0.118. The summed E-state index contributed by atoms with van der Waals surface area (Å²) in [7, 11) is 1.51. The monoisotopic (exact) mass is 509 g/mol. The van der Waals surface area contributed by atoms with Crippen molar-refractivity contribution in [3.63, 3.8) is 0 Å². The predicted molar refractivity (Wildman–Crippen MR) is 132 cm³/mol. The molecule has 0 fully saturated rings. The first kappa shape index (κ1) is 24.0. The van der Waals surface area contributed by atoms with E-state index in [1.807, 2.05) is 32.0 Å². The number of anilines is 1. The molecule has 0 aliphatic rings. The van der Waals surface area contributed by atoms with Crippen LogP contribution in [0.1, 0.15) is 27.0 Å². The third-order valence-corrected chi connectivity index (χ3v) is 5.35. The van der Waals surface area contributed by atoms with Crippen LogP contribution in [-0.4, -0.2) is 31.7 Å². The Hall–Kier alpha value is -3.65. The summed E-state index contributed by atoms with van der Waals surface area (Å²) in [5, 5.41) is 6.80. The zero-order valence-corrected chi connectivity index (χ0v) is 20.1. The Balaban J connectivity index is 1.56. The zero-order valence-electron chi connectivity index (χ0n) is 18.5. The number of methoxy groups -OCH3 is 1. The molecule has 0 saturated carbocycles. The van der Waals surface area contributed by atoms with Crippen LogP contribution in [0.5, 0.6) is 11.5 Å². The number of rotatable bonds is 8. The van der Waals surface area contributed by atoms with Crippen LogP contribution >= 0.6 is 15.9 Å². The number of benzene rings is 3. The number of amides is 2. The molecule has 0 saturated heterocycles. The highest BCUT2D eigenvalue weighted by Gasteiger charge is 2.09. The largest absolute Gasteiger partial charge is 0.493 e. The number of aryl methyl sites for hydroxylation is 2. The lowest BCUT2D eigenvalue weighted by Gasteiger charge is -2.12. The molecule has 0 heterocycles. The van der Waals surface area contributed by atoms with Gasteiger partial charge in [-0.3, -0.25) is 9.59 Å². The van der Waals surface area contributed by atoms with Gasteiger partial charge in [0, 0.05) is 15.7 Å². The summed E-state index contributed by atoms with van der Waals surface area (Å²) in [5.41, 5.74) is 6.64. The minimum absolute atomic E-state index is 0.167. The SMILES string of the molecule is COc1cc(/C=N/NC(=O)c2ccc(Br)cc2)ccc1OCC(=O)Nc1ccc(C)c(C)c1. The number of nitrogens with one attached hydrogen (secondary N) is 2. The molecule has 33 heavy (non-hydrogen) atoms. The van der Waals surface area contributed by atoms with Gasteiger partial charge in [-0.1, -0.05) is 22.0 Å². The highest BCUT2D eigenvalue weighted by Crippen LogP contribution is 2.27. The summed E-state index contributed by atoms with van der Waals surface area (Å²) in [6, 6.07) is 17.8. The van der Waals surface area contributed by atoms with E-state index in [-0.39, 0.29) is 18.4 Å². The molecule has 3 aromatic rings. The van der Waals surface area contributed by atoms with Gasteiger partial charge in [0.2, 0.25) is 0 Å². The Labute approximate surface area is 200 Å². The number of hydrogen-bond acceptors (Lipinski definition) is 5. The highest BCUT2D eigenvalue weighted by atomic mass is 79.9. The second-order valence-electron chi connectivity index (χ2n) is 7.25. The molecular formula is C25H24BrN3O4. The summed E-state index contributed by atoms with van der Waals surface area (Å²) >= 11 is 3.33. The quantitative estimate of drug-likeness (QED) is 0.335. The smallest absolute Gasteiger partial charge is 0.271 e. The average Bonchev–Trinajstić information content (AvgIpc) is 2.80. The first-order chi connectivity index (χ1) is 15.9. The van der Waals surface area contributed by atoms with E-state index in [0.29, 0.717) is 22.6 Å². The number of carbonyl (C=O) groups is 2. The molecular weight excluding hydrogens is 486 g/mol. The number of hydrazone groups is 1. The van der Waals surface area contributed by atoms with Gasteiger partial charge in [-0.2, -0.15) is 5.10 Å². The van der Waals surface area contributed by atoms with E-state index in [1.54, 1.807) is 42.5 Å². The van der Waals surface area contributed by atoms with Gasteiger partial charge in [-0.25, -0.2) is 5.43 Å². The molecule has 0 radical (unpaired) electrons. The lowest BCUT2D eigenvalue weighted by atomic mass is 10.1. The summed E-state index contributed by atoms with van der Waals surface area (Å²) in [6.45, 7) is 3.84. The molecule has 0 aromatic heterocycles. The van der Waals surface area contributed by atoms with Crippen LogP contribution in [0.4, 0.5) is 5.69 Å². The Morgan fingerprint density at radius 1 is 0.970 bits per heavy atom. The van der Waals surface area contributed by atoms with E-state index in [4.69, 9.17) is 9.47 Å². The Kier molecular flexibility index (Phi) is 8.21. The van der Waals surface area contributed by atoms with Gasteiger partial charge in [0.15, 0.2) is 18.1 Å². The highest BCUT2D eigenvalue weighted by molar-refractivity contribution is 9.10. The molecule has 170 valence electrons. The van der Waals surface area contributed by atoms with Gasteiger partial charge in [-0.05, 0) is 85.1 Å². The fourth-order valence-electron chi connectivity index (χ4n) is 2.87. The van der Waals surface area contributed by atoms with E-state index in [0.717, 1.165) is 21.3 Å². The Morgan fingerprint density at radius 2 is 1.73 bits per heavy atom. The van der Waals surface area contributed by atoms with Crippen LogP contribution in [0.3, 0.4) is 0 Å². The molecule has 0 unspecified atom stereocenters. The molecule has 0 bridgehead atoms. The number of nitrogens with zero attached hydrogens (tertiary/aromatic N) is 1. The molecule has 2 amide bonds. The molecule has 0 aliphatic heterocycles. The molecule has 0 atom stereocenters.